The van der Waals surface area contributed by atoms with Crippen LogP contribution in [0.25, 0.3) is 0 Å². The van der Waals surface area contributed by atoms with E-state index in [2.05, 4.69) is 41.9 Å². The van der Waals surface area contributed by atoms with Gasteiger partial charge < -0.3 is 10.5 Å². The van der Waals surface area contributed by atoms with Crippen LogP contribution in [0.2, 0.25) is 0 Å². The van der Waals surface area contributed by atoms with Crippen molar-refractivity contribution in [2.24, 2.45) is 11.7 Å². The van der Waals surface area contributed by atoms with Gasteiger partial charge in [-0.2, -0.15) is 0 Å². The van der Waals surface area contributed by atoms with Gasteiger partial charge >= 0.3 is 0 Å². The molecule has 4 atom stereocenters. The van der Waals surface area contributed by atoms with E-state index in [4.69, 9.17) is 10.5 Å². The summed E-state index contributed by atoms with van der Waals surface area (Å²) in [4.78, 5) is 1.25. The van der Waals surface area contributed by atoms with Gasteiger partial charge in [0.05, 0.1) is 9.89 Å². The normalized spacial score (nSPS) is 26.4. The molecule has 1 aromatic heterocycles. The average molecular weight is 360 g/mol. The lowest BCUT2D eigenvalue weighted by Gasteiger charge is -2.33. The van der Waals surface area contributed by atoms with Crippen LogP contribution in [0.4, 0.5) is 0 Å². The molecule has 2 rings (SSSR count). The van der Waals surface area contributed by atoms with Crippen molar-refractivity contribution < 1.29 is 4.74 Å². The molecule has 4 heteroatoms. The molecule has 1 aliphatic rings. The van der Waals surface area contributed by atoms with Crippen molar-refractivity contribution in [3.05, 3.63) is 20.8 Å². The van der Waals surface area contributed by atoms with Gasteiger partial charge in [-0.05, 0) is 53.2 Å². The lowest BCUT2D eigenvalue weighted by atomic mass is 9.85. The van der Waals surface area contributed by atoms with Gasteiger partial charge in [-0.15, -0.1) is 11.3 Å². The first-order valence-corrected chi connectivity index (χ1v) is 9.41. The monoisotopic (exact) mass is 359 g/mol. The zero-order chi connectivity index (χ0) is 14.5. The van der Waals surface area contributed by atoms with Crippen LogP contribution >= 0.6 is 27.3 Å². The number of halogens is 1. The summed E-state index contributed by atoms with van der Waals surface area (Å²) in [5, 5.41) is 0. The topological polar surface area (TPSA) is 35.2 Å². The van der Waals surface area contributed by atoms with E-state index < -0.39 is 0 Å². The molecule has 4 unspecified atom stereocenters. The highest BCUT2D eigenvalue weighted by Gasteiger charge is 2.28. The van der Waals surface area contributed by atoms with Crippen molar-refractivity contribution >= 4 is 27.3 Å². The van der Waals surface area contributed by atoms with E-state index in [0.717, 1.165) is 16.1 Å². The summed E-state index contributed by atoms with van der Waals surface area (Å²) in [5.74, 6) is 0.835. The van der Waals surface area contributed by atoms with Crippen LogP contribution < -0.4 is 5.73 Å². The first-order valence-electron chi connectivity index (χ1n) is 7.80. The highest BCUT2D eigenvalue weighted by Crippen LogP contribution is 2.36. The van der Waals surface area contributed by atoms with Crippen molar-refractivity contribution in [3.8, 4) is 0 Å². The zero-order valence-electron chi connectivity index (χ0n) is 12.5. The number of rotatable bonds is 6. The fourth-order valence-electron chi connectivity index (χ4n) is 3.02. The van der Waals surface area contributed by atoms with Crippen LogP contribution in [0.3, 0.4) is 0 Å². The molecule has 0 aliphatic heterocycles. The number of hydrogen-bond donors (Lipinski definition) is 1. The summed E-state index contributed by atoms with van der Waals surface area (Å²) in [6, 6.07) is 4.33. The minimum atomic E-state index is 0.0527. The van der Waals surface area contributed by atoms with Crippen LogP contribution in [-0.2, 0) is 4.74 Å². The lowest BCUT2D eigenvalue weighted by molar-refractivity contribution is -0.0520. The number of ether oxygens (including phenoxy) is 1. The Kier molecular flexibility index (Phi) is 6.53. The van der Waals surface area contributed by atoms with Crippen molar-refractivity contribution in [2.75, 3.05) is 0 Å². The molecule has 1 fully saturated rings. The second kappa shape index (κ2) is 7.92. The third kappa shape index (κ3) is 4.30. The maximum atomic E-state index is 6.44. The molecule has 20 heavy (non-hydrogen) atoms. The minimum Gasteiger partial charge on any atom is -0.368 e. The second-order valence-corrected chi connectivity index (χ2v) is 8.33. The molecule has 1 heterocycles. The van der Waals surface area contributed by atoms with E-state index >= 15 is 0 Å². The quantitative estimate of drug-likeness (QED) is 0.750. The summed E-state index contributed by atoms with van der Waals surface area (Å²) in [5.41, 5.74) is 6.31. The Morgan fingerprint density at radius 3 is 2.80 bits per heavy atom. The fourth-order valence-corrected chi connectivity index (χ4v) is 4.55. The largest absolute Gasteiger partial charge is 0.368 e. The zero-order valence-corrected chi connectivity index (χ0v) is 14.9. The predicted molar refractivity (Wildman–Crippen MR) is 90.1 cm³/mol. The summed E-state index contributed by atoms with van der Waals surface area (Å²) in [6.45, 7) is 4.43. The first kappa shape index (κ1) is 16.5. The average Bonchev–Trinajstić information content (AvgIpc) is 2.90. The lowest BCUT2D eigenvalue weighted by Crippen LogP contribution is -2.33. The van der Waals surface area contributed by atoms with E-state index in [1.54, 1.807) is 11.3 Å². The van der Waals surface area contributed by atoms with Gasteiger partial charge in [-0.3, -0.25) is 0 Å². The van der Waals surface area contributed by atoms with Gasteiger partial charge in [0.1, 0.15) is 6.10 Å². The minimum absolute atomic E-state index is 0.0527. The summed E-state index contributed by atoms with van der Waals surface area (Å²) in [7, 11) is 0. The van der Waals surface area contributed by atoms with Crippen LogP contribution in [0.1, 0.15) is 63.4 Å². The van der Waals surface area contributed by atoms with Gasteiger partial charge in [0, 0.05) is 10.9 Å². The van der Waals surface area contributed by atoms with E-state index in [9.17, 15) is 0 Å². The Morgan fingerprint density at radius 1 is 1.40 bits per heavy atom. The van der Waals surface area contributed by atoms with Crippen LogP contribution in [0.15, 0.2) is 15.9 Å². The number of hydrogen-bond acceptors (Lipinski definition) is 3. The molecular weight excluding hydrogens is 334 g/mol. The Labute approximate surface area is 135 Å². The van der Waals surface area contributed by atoms with Crippen LogP contribution in [-0.4, -0.2) is 12.1 Å². The van der Waals surface area contributed by atoms with Gasteiger partial charge in [-0.25, -0.2) is 0 Å². The molecule has 2 N–H and O–H groups in total. The predicted octanol–water partition coefficient (Wildman–Crippen LogP) is 5.27. The van der Waals surface area contributed by atoms with E-state index in [1.807, 2.05) is 0 Å². The summed E-state index contributed by atoms with van der Waals surface area (Å²) >= 11 is 5.29. The maximum Gasteiger partial charge on any atom is 0.107 e. The Balaban J connectivity index is 2.04. The summed E-state index contributed by atoms with van der Waals surface area (Å²) in [6.07, 6.45) is 7.72. The molecule has 1 saturated carbocycles. The van der Waals surface area contributed by atoms with E-state index in [-0.39, 0.29) is 12.1 Å². The first-order chi connectivity index (χ1) is 9.63. The van der Waals surface area contributed by atoms with Gasteiger partial charge in [0.25, 0.3) is 0 Å². The molecule has 114 valence electrons. The molecular formula is C16H26BrNOS. The number of nitrogens with two attached hydrogens (primary N) is 1. The van der Waals surface area contributed by atoms with Gasteiger partial charge in [0.15, 0.2) is 0 Å². The smallest absolute Gasteiger partial charge is 0.107 e. The fraction of sp³-hybridized carbons (Fsp3) is 0.750. The molecule has 0 saturated heterocycles. The molecule has 0 spiro atoms. The molecule has 2 nitrogen and oxygen atoms in total. The van der Waals surface area contributed by atoms with Gasteiger partial charge in [-0.1, -0.05) is 33.1 Å². The van der Waals surface area contributed by atoms with Crippen molar-refractivity contribution in [2.45, 2.75) is 70.6 Å². The SMILES string of the molecule is CCC1CCCC(OC(c2ccc(Br)s2)C(N)CC)C1. The maximum absolute atomic E-state index is 6.44. The van der Waals surface area contributed by atoms with Crippen molar-refractivity contribution in [1.29, 1.82) is 0 Å². The van der Waals surface area contributed by atoms with Crippen molar-refractivity contribution in [1.82, 2.24) is 0 Å². The molecule has 1 aromatic rings. The van der Waals surface area contributed by atoms with Crippen LogP contribution in [0.5, 0.6) is 0 Å². The second-order valence-electron chi connectivity index (χ2n) is 5.83. The van der Waals surface area contributed by atoms with Gasteiger partial charge in [0.2, 0.25) is 0 Å². The standard InChI is InChI=1S/C16H26BrNOS/c1-3-11-6-5-7-12(10-11)19-16(13(18)4-2)14-8-9-15(17)20-14/h8-9,11-13,16H,3-7,10,18H2,1-2H3. The Hall–Kier alpha value is 0.1000. The molecule has 0 aromatic carbocycles. The third-order valence-corrected chi connectivity index (χ3v) is 6.07. The number of thiophene rings is 1. The Bertz CT molecular complexity index is 409. The van der Waals surface area contributed by atoms with Crippen molar-refractivity contribution in [3.63, 3.8) is 0 Å². The molecule has 1 aliphatic carbocycles. The van der Waals surface area contributed by atoms with Crippen LogP contribution in [0, 0.1) is 5.92 Å². The van der Waals surface area contributed by atoms with E-state index in [0.29, 0.717) is 6.10 Å². The van der Waals surface area contributed by atoms with E-state index in [1.165, 1.54) is 37.0 Å². The highest BCUT2D eigenvalue weighted by molar-refractivity contribution is 9.11. The molecule has 0 bridgehead atoms. The third-order valence-electron chi connectivity index (χ3n) is 4.39. The highest BCUT2D eigenvalue weighted by atomic mass is 79.9. The molecule has 0 radical (unpaired) electrons. The summed E-state index contributed by atoms with van der Waals surface area (Å²) < 4.78 is 7.59. The molecule has 0 amide bonds. The Morgan fingerprint density at radius 2 is 2.20 bits per heavy atom.